The molecule has 0 spiro atoms. The molecule has 0 bridgehead atoms. The average Bonchev–Trinajstić information content (AvgIpc) is 2.60. The Morgan fingerprint density at radius 1 is 0.923 bits per heavy atom. The Hall–Kier alpha value is -0.120. The summed E-state index contributed by atoms with van der Waals surface area (Å²) in [6.45, 7) is 5.64. The Morgan fingerprint density at radius 3 is 1.69 bits per heavy atom. The molecule has 0 aromatic heterocycles. The van der Waals surface area contributed by atoms with Crippen molar-refractivity contribution in [2.24, 2.45) is 0 Å². The van der Waals surface area contributed by atoms with Gasteiger partial charge in [-0.15, -0.1) is 0 Å². The molecule has 0 amide bonds. The van der Waals surface area contributed by atoms with Crippen LogP contribution in [-0.2, 0) is 14.2 Å². The fourth-order valence-corrected chi connectivity index (χ4v) is 2.12. The summed E-state index contributed by atoms with van der Waals surface area (Å²) in [6.07, 6.45) is 4.14. The Bertz CT molecular complexity index is 159. The van der Waals surface area contributed by atoms with Crippen LogP contribution in [0.5, 0.6) is 0 Å². The maximum atomic E-state index is 5.90. The van der Waals surface area contributed by atoms with E-state index in [-0.39, 0.29) is 0 Å². The lowest BCUT2D eigenvalue weighted by Crippen LogP contribution is -2.40. The van der Waals surface area contributed by atoms with Gasteiger partial charge in [-0.25, -0.2) is 0 Å². The summed E-state index contributed by atoms with van der Waals surface area (Å²) in [7, 11) is 0. The fraction of sp³-hybridized carbons (Fsp3) is 1.00. The molecule has 0 radical (unpaired) electrons. The van der Waals surface area contributed by atoms with Crippen molar-refractivity contribution in [2.75, 3.05) is 13.2 Å². The standard InChI is InChI=1S/C10H18O3/c1-9(5-3-7-11-9)13-10(2)6-4-8-12-10/h3-8H2,1-2H3. The zero-order valence-corrected chi connectivity index (χ0v) is 8.47. The van der Waals surface area contributed by atoms with Crippen LogP contribution in [0.1, 0.15) is 39.5 Å². The van der Waals surface area contributed by atoms with E-state index in [1.165, 1.54) is 0 Å². The Morgan fingerprint density at radius 2 is 1.38 bits per heavy atom. The van der Waals surface area contributed by atoms with Gasteiger partial charge in [0.15, 0.2) is 11.6 Å². The molecule has 3 heteroatoms. The van der Waals surface area contributed by atoms with Crippen molar-refractivity contribution >= 4 is 0 Å². The lowest BCUT2D eigenvalue weighted by Gasteiger charge is -2.34. The van der Waals surface area contributed by atoms with Gasteiger partial charge in [0.2, 0.25) is 0 Å². The summed E-state index contributed by atoms with van der Waals surface area (Å²) in [5, 5.41) is 0. The molecular weight excluding hydrogens is 168 g/mol. The van der Waals surface area contributed by atoms with Gasteiger partial charge in [0.1, 0.15) is 0 Å². The summed E-state index contributed by atoms with van der Waals surface area (Å²) >= 11 is 0. The van der Waals surface area contributed by atoms with E-state index in [1.807, 2.05) is 13.8 Å². The summed E-state index contributed by atoms with van der Waals surface area (Å²) < 4.78 is 17.0. The first kappa shape index (κ1) is 9.44. The SMILES string of the molecule is CC1(OC2(C)CCCO2)CCCO1. The van der Waals surface area contributed by atoms with Gasteiger partial charge in [-0.3, -0.25) is 0 Å². The van der Waals surface area contributed by atoms with E-state index in [9.17, 15) is 0 Å². The highest BCUT2D eigenvalue weighted by atomic mass is 16.8. The molecule has 2 aliphatic rings. The largest absolute Gasteiger partial charge is 0.350 e. The predicted octanol–water partition coefficient (Wildman–Crippen LogP) is 2.06. The Labute approximate surface area is 79.4 Å². The highest BCUT2D eigenvalue weighted by Gasteiger charge is 2.41. The fourth-order valence-electron chi connectivity index (χ4n) is 2.12. The number of hydrogen-bond acceptors (Lipinski definition) is 3. The van der Waals surface area contributed by atoms with Crippen LogP contribution in [-0.4, -0.2) is 24.8 Å². The van der Waals surface area contributed by atoms with E-state index in [0.29, 0.717) is 0 Å². The third kappa shape index (κ3) is 2.03. The molecule has 0 saturated carbocycles. The van der Waals surface area contributed by atoms with Crippen LogP contribution >= 0.6 is 0 Å². The third-order valence-corrected chi connectivity index (χ3v) is 2.80. The second-order valence-electron chi connectivity index (χ2n) is 4.27. The van der Waals surface area contributed by atoms with E-state index >= 15 is 0 Å². The first-order valence-corrected chi connectivity index (χ1v) is 5.10. The molecule has 2 unspecified atom stereocenters. The minimum Gasteiger partial charge on any atom is -0.350 e. The molecule has 2 rings (SSSR count). The van der Waals surface area contributed by atoms with Crippen molar-refractivity contribution in [1.82, 2.24) is 0 Å². The molecule has 2 saturated heterocycles. The topological polar surface area (TPSA) is 27.7 Å². The molecule has 76 valence electrons. The third-order valence-electron chi connectivity index (χ3n) is 2.80. The molecule has 2 atom stereocenters. The smallest absolute Gasteiger partial charge is 0.169 e. The van der Waals surface area contributed by atoms with Crippen LogP contribution in [0.15, 0.2) is 0 Å². The first-order valence-electron chi connectivity index (χ1n) is 5.10. The normalized spacial score (nSPS) is 45.7. The molecule has 0 aromatic rings. The zero-order chi connectivity index (χ0) is 9.36. The van der Waals surface area contributed by atoms with Gasteiger partial charge < -0.3 is 14.2 Å². The van der Waals surface area contributed by atoms with E-state index in [1.54, 1.807) is 0 Å². The maximum Gasteiger partial charge on any atom is 0.169 e. The van der Waals surface area contributed by atoms with Crippen molar-refractivity contribution in [3.05, 3.63) is 0 Å². The highest BCUT2D eigenvalue weighted by molar-refractivity contribution is 4.77. The van der Waals surface area contributed by atoms with Gasteiger partial charge in [-0.05, 0) is 26.7 Å². The molecular formula is C10H18O3. The van der Waals surface area contributed by atoms with E-state index in [2.05, 4.69) is 0 Å². The zero-order valence-electron chi connectivity index (χ0n) is 8.47. The number of ether oxygens (including phenoxy) is 3. The molecule has 2 fully saturated rings. The molecule has 3 nitrogen and oxygen atoms in total. The number of rotatable bonds is 2. The quantitative estimate of drug-likeness (QED) is 0.660. The summed E-state index contributed by atoms with van der Waals surface area (Å²) in [5.41, 5.74) is 0. The van der Waals surface area contributed by atoms with Crippen molar-refractivity contribution in [1.29, 1.82) is 0 Å². The minimum atomic E-state index is -0.404. The monoisotopic (exact) mass is 186 g/mol. The molecule has 0 N–H and O–H groups in total. The van der Waals surface area contributed by atoms with Gasteiger partial charge in [-0.2, -0.15) is 0 Å². The van der Waals surface area contributed by atoms with Crippen molar-refractivity contribution in [3.8, 4) is 0 Å². The van der Waals surface area contributed by atoms with Gasteiger partial charge >= 0.3 is 0 Å². The first-order chi connectivity index (χ1) is 6.12. The Kier molecular flexibility index (Phi) is 2.34. The van der Waals surface area contributed by atoms with Crippen LogP contribution < -0.4 is 0 Å². The van der Waals surface area contributed by atoms with E-state index in [4.69, 9.17) is 14.2 Å². The maximum absolute atomic E-state index is 5.90. The second kappa shape index (κ2) is 3.23. The Balaban J connectivity index is 1.95. The second-order valence-corrected chi connectivity index (χ2v) is 4.27. The van der Waals surface area contributed by atoms with Gasteiger partial charge in [-0.1, -0.05) is 0 Å². The molecule has 13 heavy (non-hydrogen) atoms. The van der Waals surface area contributed by atoms with Crippen LogP contribution in [0.4, 0.5) is 0 Å². The van der Waals surface area contributed by atoms with Crippen LogP contribution in [0.2, 0.25) is 0 Å². The van der Waals surface area contributed by atoms with Crippen molar-refractivity contribution < 1.29 is 14.2 Å². The van der Waals surface area contributed by atoms with E-state index in [0.717, 1.165) is 38.9 Å². The summed E-state index contributed by atoms with van der Waals surface area (Å²) in [4.78, 5) is 0. The average molecular weight is 186 g/mol. The number of hydrogen-bond donors (Lipinski definition) is 0. The lowest BCUT2D eigenvalue weighted by atomic mass is 10.1. The van der Waals surface area contributed by atoms with Gasteiger partial charge in [0.25, 0.3) is 0 Å². The van der Waals surface area contributed by atoms with Gasteiger partial charge in [0.05, 0.1) is 13.2 Å². The van der Waals surface area contributed by atoms with Crippen LogP contribution in [0.3, 0.4) is 0 Å². The van der Waals surface area contributed by atoms with Gasteiger partial charge in [0, 0.05) is 12.8 Å². The minimum absolute atomic E-state index is 0.404. The predicted molar refractivity (Wildman–Crippen MR) is 48.3 cm³/mol. The van der Waals surface area contributed by atoms with Crippen molar-refractivity contribution in [3.63, 3.8) is 0 Å². The van der Waals surface area contributed by atoms with Crippen molar-refractivity contribution in [2.45, 2.75) is 51.1 Å². The van der Waals surface area contributed by atoms with Crippen LogP contribution in [0, 0.1) is 0 Å². The summed E-state index contributed by atoms with van der Waals surface area (Å²) in [6, 6.07) is 0. The van der Waals surface area contributed by atoms with E-state index < -0.39 is 11.6 Å². The molecule has 0 aliphatic carbocycles. The molecule has 2 heterocycles. The summed E-state index contributed by atoms with van der Waals surface area (Å²) in [5.74, 6) is -0.807. The molecule has 0 aromatic carbocycles. The lowest BCUT2D eigenvalue weighted by molar-refractivity contribution is -0.321. The molecule has 2 aliphatic heterocycles. The highest BCUT2D eigenvalue weighted by Crippen LogP contribution is 2.36. The van der Waals surface area contributed by atoms with Crippen LogP contribution in [0.25, 0.3) is 0 Å².